The highest BCUT2D eigenvalue weighted by molar-refractivity contribution is 6.42. The Labute approximate surface area is 179 Å². The summed E-state index contributed by atoms with van der Waals surface area (Å²) >= 11 is 12.2. The smallest absolute Gasteiger partial charge is 0.256 e. The Balaban J connectivity index is 1.81. The minimum Gasteiger partial charge on any atom is -0.322 e. The molecule has 0 unspecified atom stereocenters. The second-order valence-electron chi connectivity index (χ2n) is 7.03. The molecule has 0 fully saturated rings. The SMILES string of the molecule is Cc1cc(C)cc(NC(=O)c2cc(-c3ccc(Cl)c(Cl)c3)nc3ccccc23)c1. The second kappa shape index (κ2) is 7.86. The van der Waals surface area contributed by atoms with Gasteiger partial charge in [0.15, 0.2) is 0 Å². The third-order valence-corrected chi connectivity index (χ3v) is 5.39. The quantitative estimate of drug-likeness (QED) is 0.384. The molecule has 0 aliphatic heterocycles. The van der Waals surface area contributed by atoms with Gasteiger partial charge >= 0.3 is 0 Å². The number of aromatic nitrogens is 1. The fraction of sp³-hybridized carbons (Fsp3) is 0.0833. The molecule has 0 saturated carbocycles. The largest absolute Gasteiger partial charge is 0.322 e. The molecule has 0 aliphatic rings. The van der Waals surface area contributed by atoms with Crippen LogP contribution >= 0.6 is 23.2 Å². The molecule has 1 amide bonds. The van der Waals surface area contributed by atoms with Gasteiger partial charge < -0.3 is 5.32 Å². The van der Waals surface area contributed by atoms with Crippen LogP contribution in [0.2, 0.25) is 10.0 Å². The maximum Gasteiger partial charge on any atom is 0.256 e. The van der Waals surface area contributed by atoms with Crippen molar-refractivity contribution in [3.8, 4) is 11.3 Å². The summed E-state index contributed by atoms with van der Waals surface area (Å²) in [6.45, 7) is 4.01. The molecule has 3 aromatic carbocycles. The molecule has 0 atom stereocenters. The van der Waals surface area contributed by atoms with E-state index in [1.807, 2.05) is 56.3 Å². The first-order chi connectivity index (χ1) is 13.9. The average Bonchev–Trinajstić information content (AvgIpc) is 2.68. The number of nitrogens with zero attached hydrogens (tertiary/aromatic N) is 1. The molecule has 3 nitrogen and oxygen atoms in total. The van der Waals surface area contributed by atoms with Gasteiger partial charge in [-0.15, -0.1) is 0 Å². The molecule has 1 N–H and O–H groups in total. The fourth-order valence-corrected chi connectivity index (χ4v) is 3.71. The van der Waals surface area contributed by atoms with Crippen molar-refractivity contribution in [3.05, 3.63) is 93.5 Å². The zero-order chi connectivity index (χ0) is 20.5. The van der Waals surface area contributed by atoms with Crippen LogP contribution in [0.3, 0.4) is 0 Å². The molecule has 0 spiro atoms. The van der Waals surface area contributed by atoms with Gasteiger partial charge in [-0.1, -0.05) is 53.5 Å². The molecule has 0 radical (unpaired) electrons. The lowest BCUT2D eigenvalue weighted by Crippen LogP contribution is -2.13. The van der Waals surface area contributed by atoms with Crippen LogP contribution in [0, 0.1) is 13.8 Å². The number of amides is 1. The van der Waals surface area contributed by atoms with Gasteiger partial charge in [-0.05, 0) is 61.4 Å². The van der Waals surface area contributed by atoms with E-state index in [0.717, 1.165) is 33.3 Å². The first-order valence-electron chi connectivity index (χ1n) is 9.15. The summed E-state index contributed by atoms with van der Waals surface area (Å²) in [5.74, 6) is -0.185. The fourth-order valence-electron chi connectivity index (χ4n) is 3.41. The van der Waals surface area contributed by atoms with Crippen LogP contribution in [0.15, 0.2) is 66.7 Å². The van der Waals surface area contributed by atoms with Crippen molar-refractivity contribution in [2.75, 3.05) is 5.32 Å². The van der Waals surface area contributed by atoms with E-state index in [9.17, 15) is 4.79 Å². The Kier molecular flexibility index (Phi) is 5.27. The second-order valence-corrected chi connectivity index (χ2v) is 7.85. The van der Waals surface area contributed by atoms with Crippen LogP contribution in [0.1, 0.15) is 21.5 Å². The van der Waals surface area contributed by atoms with E-state index in [0.29, 0.717) is 21.3 Å². The van der Waals surface area contributed by atoms with Gasteiger partial charge in [0.05, 0.1) is 26.8 Å². The molecule has 0 saturated heterocycles. The number of aryl methyl sites for hydroxylation is 2. The minimum absolute atomic E-state index is 0.185. The predicted molar refractivity (Wildman–Crippen MR) is 121 cm³/mol. The van der Waals surface area contributed by atoms with Gasteiger partial charge in [-0.3, -0.25) is 4.79 Å². The molecule has 0 aliphatic carbocycles. The monoisotopic (exact) mass is 420 g/mol. The molecule has 1 heterocycles. The van der Waals surface area contributed by atoms with Crippen molar-refractivity contribution in [1.29, 1.82) is 0 Å². The Morgan fingerprint density at radius 1 is 0.862 bits per heavy atom. The number of carbonyl (C=O) groups is 1. The Hall–Kier alpha value is -2.88. The molecular formula is C24H18Cl2N2O. The van der Waals surface area contributed by atoms with Crippen LogP contribution in [0.5, 0.6) is 0 Å². The van der Waals surface area contributed by atoms with Gasteiger partial charge in [0.1, 0.15) is 0 Å². The summed E-state index contributed by atoms with van der Waals surface area (Å²) in [4.78, 5) is 17.9. The molecule has 29 heavy (non-hydrogen) atoms. The van der Waals surface area contributed by atoms with Crippen LogP contribution in [0.4, 0.5) is 5.69 Å². The Morgan fingerprint density at radius 3 is 2.31 bits per heavy atom. The van der Waals surface area contributed by atoms with E-state index >= 15 is 0 Å². The first kappa shape index (κ1) is 19.4. The lowest BCUT2D eigenvalue weighted by atomic mass is 10.0. The lowest BCUT2D eigenvalue weighted by Gasteiger charge is -2.12. The van der Waals surface area contributed by atoms with E-state index in [4.69, 9.17) is 28.2 Å². The van der Waals surface area contributed by atoms with Crippen molar-refractivity contribution >= 4 is 45.7 Å². The number of rotatable bonds is 3. The molecule has 1 aromatic heterocycles. The number of hydrogen-bond acceptors (Lipinski definition) is 2. The Morgan fingerprint density at radius 2 is 1.59 bits per heavy atom. The van der Waals surface area contributed by atoms with Crippen LogP contribution in [-0.4, -0.2) is 10.9 Å². The van der Waals surface area contributed by atoms with Gasteiger partial charge in [0.25, 0.3) is 5.91 Å². The number of pyridine rings is 1. The van der Waals surface area contributed by atoms with Crippen LogP contribution in [-0.2, 0) is 0 Å². The lowest BCUT2D eigenvalue weighted by molar-refractivity contribution is 0.102. The highest BCUT2D eigenvalue weighted by Gasteiger charge is 2.15. The summed E-state index contributed by atoms with van der Waals surface area (Å²) in [7, 11) is 0. The summed E-state index contributed by atoms with van der Waals surface area (Å²) in [5.41, 5.74) is 5.70. The van der Waals surface area contributed by atoms with Gasteiger partial charge in [-0.25, -0.2) is 4.98 Å². The van der Waals surface area contributed by atoms with Crippen molar-refractivity contribution in [3.63, 3.8) is 0 Å². The van der Waals surface area contributed by atoms with Crippen molar-refractivity contribution in [1.82, 2.24) is 4.98 Å². The molecule has 4 aromatic rings. The normalized spacial score (nSPS) is 10.9. The minimum atomic E-state index is -0.185. The highest BCUT2D eigenvalue weighted by Crippen LogP contribution is 2.30. The molecule has 144 valence electrons. The zero-order valence-electron chi connectivity index (χ0n) is 16.0. The maximum atomic E-state index is 13.2. The number of fused-ring (bicyclic) bond motifs is 1. The topological polar surface area (TPSA) is 42.0 Å². The van der Waals surface area contributed by atoms with Gasteiger partial charge in [0.2, 0.25) is 0 Å². The van der Waals surface area contributed by atoms with E-state index in [1.54, 1.807) is 18.2 Å². The average molecular weight is 421 g/mol. The third-order valence-electron chi connectivity index (χ3n) is 4.66. The molecular weight excluding hydrogens is 403 g/mol. The van der Waals surface area contributed by atoms with Crippen molar-refractivity contribution in [2.24, 2.45) is 0 Å². The summed E-state index contributed by atoms with van der Waals surface area (Å²) < 4.78 is 0. The Bertz CT molecular complexity index is 1230. The number of halogens is 2. The van der Waals surface area contributed by atoms with E-state index in [1.165, 1.54) is 0 Å². The maximum absolute atomic E-state index is 13.2. The number of anilines is 1. The highest BCUT2D eigenvalue weighted by atomic mass is 35.5. The van der Waals surface area contributed by atoms with E-state index < -0.39 is 0 Å². The summed E-state index contributed by atoms with van der Waals surface area (Å²) in [5, 5.41) is 4.73. The predicted octanol–water partition coefficient (Wildman–Crippen LogP) is 7.08. The number of hydrogen-bond donors (Lipinski definition) is 1. The van der Waals surface area contributed by atoms with Crippen LogP contribution < -0.4 is 5.32 Å². The van der Waals surface area contributed by atoms with Crippen molar-refractivity contribution in [2.45, 2.75) is 13.8 Å². The molecule has 5 heteroatoms. The van der Waals surface area contributed by atoms with E-state index in [-0.39, 0.29) is 5.91 Å². The molecule has 4 rings (SSSR count). The summed E-state index contributed by atoms with van der Waals surface area (Å²) in [6, 6.07) is 20.7. The molecule has 0 bridgehead atoms. The first-order valence-corrected chi connectivity index (χ1v) is 9.91. The summed E-state index contributed by atoms with van der Waals surface area (Å²) in [6.07, 6.45) is 0. The van der Waals surface area contributed by atoms with Gasteiger partial charge in [-0.2, -0.15) is 0 Å². The number of benzene rings is 3. The van der Waals surface area contributed by atoms with Crippen LogP contribution in [0.25, 0.3) is 22.2 Å². The standard InChI is InChI=1S/C24H18Cl2N2O/c1-14-9-15(2)11-17(10-14)27-24(29)19-13-23(16-7-8-20(25)21(26)12-16)28-22-6-4-3-5-18(19)22/h3-13H,1-2H3,(H,27,29). The number of nitrogens with one attached hydrogen (secondary N) is 1. The number of carbonyl (C=O) groups excluding carboxylic acids is 1. The van der Waals surface area contributed by atoms with E-state index in [2.05, 4.69) is 11.4 Å². The number of para-hydroxylation sites is 1. The third kappa shape index (κ3) is 4.12. The zero-order valence-corrected chi connectivity index (χ0v) is 17.5. The van der Waals surface area contributed by atoms with Crippen molar-refractivity contribution < 1.29 is 4.79 Å². The van der Waals surface area contributed by atoms with Gasteiger partial charge in [0, 0.05) is 16.6 Å².